The van der Waals surface area contributed by atoms with Gasteiger partial charge in [-0.3, -0.25) is 4.79 Å². The molecule has 1 amide bonds. The summed E-state index contributed by atoms with van der Waals surface area (Å²) in [6.07, 6.45) is 0. The van der Waals surface area contributed by atoms with Crippen LogP contribution in [0.2, 0.25) is 0 Å². The van der Waals surface area contributed by atoms with Crippen LogP contribution in [-0.4, -0.2) is 17.9 Å². The topological polar surface area (TPSA) is 59.5 Å². The average molecular weight is 258 g/mol. The highest BCUT2D eigenvalue weighted by atomic mass is 16.3. The zero-order valence-corrected chi connectivity index (χ0v) is 11.4. The molecule has 0 bridgehead atoms. The van der Waals surface area contributed by atoms with Crippen LogP contribution in [0.1, 0.15) is 27.4 Å². The Balaban J connectivity index is 2.14. The fourth-order valence-electron chi connectivity index (χ4n) is 2.01. The molecule has 4 heteroatoms. The van der Waals surface area contributed by atoms with Crippen LogP contribution in [0, 0.1) is 13.8 Å². The second kappa shape index (κ2) is 5.18. The first-order valence-electron chi connectivity index (χ1n) is 6.14. The molecule has 0 aliphatic heterocycles. The lowest BCUT2D eigenvalue weighted by molar-refractivity contribution is 0.0774. The van der Waals surface area contributed by atoms with Crippen molar-refractivity contribution in [2.75, 3.05) is 12.8 Å². The zero-order valence-electron chi connectivity index (χ0n) is 11.4. The number of nitrogen functional groups attached to an aromatic ring is 1. The lowest BCUT2D eigenvalue weighted by Crippen LogP contribution is -2.26. The summed E-state index contributed by atoms with van der Waals surface area (Å²) in [4.78, 5) is 14.0. The molecule has 0 aliphatic carbocycles. The maximum atomic E-state index is 12.3. The van der Waals surface area contributed by atoms with Crippen molar-refractivity contribution in [2.24, 2.45) is 0 Å². The Hall–Kier alpha value is -2.23. The summed E-state index contributed by atoms with van der Waals surface area (Å²) in [5.74, 6) is 1.59. The molecule has 2 rings (SSSR count). The van der Waals surface area contributed by atoms with Gasteiger partial charge in [0.15, 0.2) is 0 Å². The number of carbonyl (C=O) groups is 1. The number of carbonyl (C=O) groups excluding carboxylic acids is 1. The van der Waals surface area contributed by atoms with Crippen LogP contribution >= 0.6 is 0 Å². The number of amides is 1. The van der Waals surface area contributed by atoms with E-state index in [0.29, 0.717) is 17.8 Å². The van der Waals surface area contributed by atoms with E-state index in [1.54, 1.807) is 30.1 Å². The van der Waals surface area contributed by atoms with Gasteiger partial charge in [-0.05, 0) is 49.7 Å². The van der Waals surface area contributed by atoms with Crippen LogP contribution in [-0.2, 0) is 6.54 Å². The summed E-state index contributed by atoms with van der Waals surface area (Å²) in [5.41, 5.74) is 7.90. The van der Waals surface area contributed by atoms with Crippen molar-refractivity contribution in [1.82, 2.24) is 4.90 Å². The number of nitrogens with zero attached hydrogens (tertiary/aromatic N) is 1. The molecule has 0 aliphatic rings. The Labute approximate surface area is 112 Å². The van der Waals surface area contributed by atoms with E-state index in [2.05, 4.69) is 0 Å². The van der Waals surface area contributed by atoms with E-state index in [1.165, 1.54) is 0 Å². The van der Waals surface area contributed by atoms with Crippen molar-refractivity contribution < 1.29 is 9.21 Å². The monoisotopic (exact) mass is 258 g/mol. The molecule has 0 unspecified atom stereocenters. The highest BCUT2D eigenvalue weighted by molar-refractivity contribution is 5.95. The number of rotatable bonds is 3. The van der Waals surface area contributed by atoms with Gasteiger partial charge in [-0.25, -0.2) is 0 Å². The van der Waals surface area contributed by atoms with Gasteiger partial charge in [-0.2, -0.15) is 0 Å². The predicted molar refractivity (Wildman–Crippen MR) is 74.8 cm³/mol. The normalized spacial score (nSPS) is 10.5. The van der Waals surface area contributed by atoms with Crippen LogP contribution in [0.15, 0.2) is 34.7 Å². The first-order chi connectivity index (χ1) is 8.97. The summed E-state index contributed by atoms with van der Waals surface area (Å²) >= 11 is 0. The Bertz CT molecular complexity index is 602. The number of nitrogens with two attached hydrogens (primary N) is 1. The summed E-state index contributed by atoms with van der Waals surface area (Å²) in [6, 6.07) is 9.08. The first-order valence-corrected chi connectivity index (χ1v) is 6.14. The van der Waals surface area contributed by atoms with E-state index in [1.807, 2.05) is 26.0 Å². The molecule has 19 heavy (non-hydrogen) atoms. The molecule has 0 saturated carbocycles. The third-order valence-corrected chi connectivity index (χ3v) is 3.02. The van der Waals surface area contributed by atoms with Crippen LogP contribution < -0.4 is 5.73 Å². The van der Waals surface area contributed by atoms with E-state index in [4.69, 9.17) is 10.2 Å². The van der Waals surface area contributed by atoms with E-state index < -0.39 is 0 Å². The number of furan rings is 1. The maximum absolute atomic E-state index is 12.3. The standard InChI is InChI=1S/C15H18N2O2/c1-10-8-12(16)5-7-14(10)15(18)17(3)9-13-6-4-11(2)19-13/h4-8H,9,16H2,1-3H3. The molecule has 1 aromatic carbocycles. The van der Waals surface area contributed by atoms with E-state index in [9.17, 15) is 4.79 Å². The molecule has 1 heterocycles. The summed E-state index contributed by atoms with van der Waals surface area (Å²) < 4.78 is 5.48. The quantitative estimate of drug-likeness (QED) is 0.861. The molecule has 0 fully saturated rings. The molecule has 2 aromatic rings. The minimum Gasteiger partial charge on any atom is -0.464 e. The minimum atomic E-state index is -0.0356. The van der Waals surface area contributed by atoms with E-state index >= 15 is 0 Å². The fraction of sp³-hybridized carbons (Fsp3) is 0.267. The summed E-state index contributed by atoms with van der Waals surface area (Å²) in [5, 5.41) is 0. The molecule has 4 nitrogen and oxygen atoms in total. The molecule has 100 valence electrons. The van der Waals surface area contributed by atoms with Crippen LogP contribution in [0.25, 0.3) is 0 Å². The highest BCUT2D eigenvalue weighted by Gasteiger charge is 2.15. The Morgan fingerprint density at radius 2 is 2.00 bits per heavy atom. The van der Waals surface area contributed by atoms with Gasteiger partial charge in [0.25, 0.3) is 5.91 Å². The second-order valence-electron chi connectivity index (χ2n) is 4.75. The van der Waals surface area contributed by atoms with E-state index in [-0.39, 0.29) is 5.91 Å². The number of hydrogen-bond donors (Lipinski definition) is 1. The molecule has 0 spiro atoms. The van der Waals surface area contributed by atoms with Crippen LogP contribution in [0.3, 0.4) is 0 Å². The zero-order chi connectivity index (χ0) is 14.0. The third-order valence-electron chi connectivity index (χ3n) is 3.02. The highest BCUT2D eigenvalue weighted by Crippen LogP contribution is 2.16. The van der Waals surface area contributed by atoms with Gasteiger partial charge in [0, 0.05) is 18.3 Å². The van der Waals surface area contributed by atoms with E-state index in [0.717, 1.165) is 17.1 Å². The number of hydrogen-bond acceptors (Lipinski definition) is 3. The summed E-state index contributed by atoms with van der Waals surface area (Å²) in [7, 11) is 1.76. The van der Waals surface area contributed by atoms with Gasteiger partial charge in [0.2, 0.25) is 0 Å². The molecule has 0 saturated heterocycles. The van der Waals surface area contributed by atoms with Crippen molar-refractivity contribution in [3.05, 3.63) is 53.0 Å². The number of anilines is 1. The summed E-state index contributed by atoms with van der Waals surface area (Å²) in [6.45, 7) is 4.22. The average Bonchev–Trinajstić information content (AvgIpc) is 2.74. The van der Waals surface area contributed by atoms with Gasteiger partial charge in [-0.1, -0.05) is 0 Å². The Morgan fingerprint density at radius 3 is 2.58 bits per heavy atom. The van der Waals surface area contributed by atoms with Gasteiger partial charge in [0.1, 0.15) is 11.5 Å². The van der Waals surface area contributed by atoms with Crippen molar-refractivity contribution in [1.29, 1.82) is 0 Å². The van der Waals surface area contributed by atoms with Crippen molar-refractivity contribution in [3.63, 3.8) is 0 Å². The third kappa shape index (κ3) is 2.96. The Kier molecular flexibility index (Phi) is 3.60. The molecule has 2 N–H and O–H groups in total. The minimum absolute atomic E-state index is 0.0356. The first kappa shape index (κ1) is 13.2. The lowest BCUT2D eigenvalue weighted by Gasteiger charge is -2.17. The van der Waals surface area contributed by atoms with Crippen LogP contribution in [0.4, 0.5) is 5.69 Å². The van der Waals surface area contributed by atoms with Crippen molar-refractivity contribution >= 4 is 11.6 Å². The van der Waals surface area contributed by atoms with Gasteiger partial charge in [-0.15, -0.1) is 0 Å². The maximum Gasteiger partial charge on any atom is 0.254 e. The SMILES string of the molecule is Cc1ccc(CN(C)C(=O)c2ccc(N)cc2C)o1. The molecule has 1 aromatic heterocycles. The van der Waals surface area contributed by atoms with Crippen molar-refractivity contribution in [2.45, 2.75) is 20.4 Å². The van der Waals surface area contributed by atoms with Gasteiger partial charge in [0.05, 0.1) is 6.54 Å². The molecular weight excluding hydrogens is 240 g/mol. The number of aryl methyl sites for hydroxylation is 2. The number of benzene rings is 1. The molecule has 0 atom stereocenters. The molecule has 0 radical (unpaired) electrons. The molecular formula is C15H18N2O2. The fourth-order valence-corrected chi connectivity index (χ4v) is 2.01. The largest absolute Gasteiger partial charge is 0.464 e. The van der Waals surface area contributed by atoms with Crippen molar-refractivity contribution in [3.8, 4) is 0 Å². The van der Waals surface area contributed by atoms with Gasteiger partial charge >= 0.3 is 0 Å². The van der Waals surface area contributed by atoms with Gasteiger partial charge < -0.3 is 15.1 Å². The smallest absolute Gasteiger partial charge is 0.254 e. The lowest BCUT2D eigenvalue weighted by atomic mass is 10.1. The Morgan fingerprint density at radius 1 is 1.26 bits per heavy atom. The second-order valence-corrected chi connectivity index (χ2v) is 4.75. The predicted octanol–water partition coefficient (Wildman–Crippen LogP) is 2.75. The van der Waals surface area contributed by atoms with Crippen LogP contribution in [0.5, 0.6) is 0 Å².